The Hall–Kier alpha value is -3.39. The van der Waals surface area contributed by atoms with Gasteiger partial charge in [-0.15, -0.1) is 11.3 Å². The van der Waals surface area contributed by atoms with Gasteiger partial charge in [0.2, 0.25) is 0 Å². The molecule has 3 heterocycles. The number of aromatic amines is 1. The number of hydrogen-bond acceptors (Lipinski definition) is 5. The Morgan fingerprint density at radius 2 is 2.12 bits per heavy atom. The number of ether oxygens (including phenoxy) is 1. The van der Waals surface area contributed by atoms with Crippen LogP contribution in [0, 0.1) is 0 Å². The van der Waals surface area contributed by atoms with Crippen LogP contribution in [0.1, 0.15) is 41.2 Å². The third kappa shape index (κ3) is 4.05. The molecule has 1 fully saturated rings. The number of thiophene rings is 1. The number of aromatic nitrogens is 2. The molecule has 0 spiro atoms. The van der Waals surface area contributed by atoms with E-state index in [0.29, 0.717) is 23.7 Å². The monoisotopic (exact) mass is 448 g/mol. The fourth-order valence-corrected chi connectivity index (χ4v) is 5.11. The Morgan fingerprint density at radius 1 is 1.25 bits per heavy atom. The second-order valence-corrected chi connectivity index (χ2v) is 9.02. The second kappa shape index (κ2) is 8.63. The maximum Gasteiger partial charge on any atom is 0.348 e. The van der Waals surface area contributed by atoms with E-state index in [1.165, 1.54) is 11.3 Å². The number of esters is 1. The number of nitrogens with zero attached hydrogens (tertiary/aromatic N) is 2. The van der Waals surface area contributed by atoms with E-state index >= 15 is 0 Å². The molecule has 1 aliphatic rings. The molecule has 0 radical (unpaired) electrons. The normalized spacial score (nSPS) is 16.4. The number of imidazole rings is 1. The highest BCUT2D eigenvalue weighted by atomic mass is 32.1. The van der Waals surface area contributed by atoms with E-state index in [1.807, 2.05) is 53.4 Å². The Balaban J connectivity index is 1.28. The van der Waals surface area contributed by atoms with Crippen molar-refractivity contribution in [2.75, 3.05) is 25.0 Å². The van der Waals surface area contributed by atoms with E-state index in [1.54, 1.807) is 6.92 Å². The van der Waals surface area contributed by atoms with Crippen molar-refractivity contribution in [2.45, 2.75) is 25.7 Å². The minimum absolute atomic E-state index is 0.119. The number of rotatable bonds is 4. The van der Waals surface area contributed by atoms with Gasteiger partial charge >= 0.3 is 12.0 Å². The lowest BCUT2D eigenvalue weighted by atomic mass is 9.97. The summed E-state index contributed by atoms with van der Waals surface area (Å²) in [6, 6.07) is 15.4. The first-order chi connectivity index (χ1) is 15.6. The largest absolute Gasteiger partial charge is 0.462 e. The number of H-pyrrole nitrogens is 1. The van der Waals surface area contributed by atoms with Crippen molar-refractivity contribution in [1.29, 1.82) is 0 Å². The summed E-state index contributed by atoms with van der Waals surface area (Å²) in [5.74, 6) is 0.813. The van der Waals surface area contributed by atoms with Crippen molar-refractivity contribution in [3.63, 3.8) is 0 Å². The number of nitrogens with one attached hydrogen (secondary N) is 2. The third-order valence-electron chi connectivity index (χ3n) is 5.75. The van der Waals surface area contributed by atoms with E-state index in [2.05, 4.69) is 10.3 Å². The Bertz CT molecular complexity index is 1260. The fourth-order valence-electron chi connectivity index (χ4n) is 4.18. The number of benzene rings is 2. The number of para-hydroxylation sites is 2. The minimum atomic E-state index is -0.316. The topological polar surface area (TPSA) is 87.3 Å². The molecular weight excluding hydrogens is 424 g/mol. The van der Waals surface area contributed by atoms with Crippen LogP contribution in [-0.2, 0) is 4.74 Å². The van der Waals surface area contributed by atoms with Gasteiger partial charge in [0, 0.05) is 29.4 Å². The highest BCUT2D eigenvalue weighted by molar-refractivity contribution is 7.20. The first kappa shape index (κ1) is 20.5. The molecule has 164 valence electrons. The Kier molecular flexibility index (Phi) is 5.53. The van der Waals surface area contributed by atoms with Crippen molar-refractivity contribution in [3.05, 3.63) is 59.2 Å². The zero-order chi connectivity index (χ0) is 22.1. The van der Waals surface area contributed by atoms with Crippen LogP contribution in [0.15, 0.2) is 48.5 Å². The lowest BCUT2D eigenvalue weighted by Gasteiger charge is -2.31. The van der Waals surface area contributed by atoms with Crippen LogP contribution in [0.2, 0.25) is 0 Å². The number of fused-ring (bicyclic) bond motifs is 2. The van der Waals surface area contributed by atoms with Crippen molar-refractivity contribution >= 4 is 50.1 Å². The van der Waals surface area contributed by atoms with Gasteiger partial charge < -0.3 is 19.9 Å². The summed E-state index contributed by atoms with van der Waals surface area (Å²) in [7, 11) is 0. The summed E-state index contributed by atoms with van der Waals surface area (Å²) in [4.78, 5) is 35.5. The van der Waals surface area contributed by atoms with Gasteiger partial charge in [0.25, 0.3) is 0 Å². The van der Waals surface area contributed by atoms with Crippen LogP contribution in [0.5, 0.6) is 0 Å². The van der Waals surface area contributed by atoms with Gasteiger partial charge in [-0.1, -0.05) is 12.1 Å². The van der Waals surface area contributed by atoms with Gasteiger partial charge in [-0.3, -0.25) is 0 Å². The number of likely N-dealkylation sites (tertiary alicyclic amines) is 1. The molecule has 2 amide bonds. The maximum absolute atomic E-state index is 13.0. The minimum Gasteiger partial charge on any atom is -0.462 e. The average molecular weight is 449 g/mol. The average Bonchev–Trinajstić information content (AvgIpc) is 3.43. The highest BCUT2D eigenvalue weighted by Gasteiger charge is 2.27. The molecule has 2 N–H and O–H groups in total. The van der Waals surface area contributed by atoms with Crippen LogP contribution in [-0.4, -0.2) is 46.6 Å². The van der Waals surface area contributed by atoms with Crippen LogP contribution in [0.4, 0.5) is 10.5 Å². The predicted molar refractivity (Wildman–Crippen MR) is 126 cm³/mol. The predicted octanol–water partition coefficient (Wildman–Crippen LogP) is 5.37. The molecule has 2 aromatic heterocycles. The van der Waals surface area contributed by atoms with Gasteiger partial charge in [-0.05, 0) is 61.5 Å². The van der Waals surface area contributed by atoms with Crippen molar-refractivity contribution in [3.8, 4) is 0 Å². The second-order valence-electron chi connectivity index (χ2n) is 7.94. The van der Waals surface area contributed by atoms with Crippen molar-refractivity contribution < 1.29 is 14.3 Å². The number of hydrogen-bond donors (Lipinski definition) is 2. The van der Waals surface area contributed by atoms with Crippen LogP contribution >= 0.6 is 11.3 Å². The molecule has 4 aromatic rings. The molecule has 1 saturated heterocycles. The first-order valence-electron chi connectivity index (χ1n) is 10.8. The van der Waals surface area contributed by atoms with Crippen LogP contribution in [0.3, 0.4) is 0 Å². The SMILES string of the molecule is CCOC(=O)c1cc2cc(NC(=O)N3CCCC(c4nc5ccccc5[nH]4)C3)ccc2s1. The van der Waals surface area contributed by atoms with Crippen LogP contribution in [0.25, 0.3) is 21.1 Å². The lowest BCUT2D eigenvalue weighted by molar-refractivity contribution is 0.0532. The van der Waals surface area contributed by atoms with E-state index < -0.39 is 0 Å². The summed E-state index contributed by atoms with van der Waals surface area (Å²) >= 11 is 1.39. The molecule has 2 aromatic carbocycles. The molecule has 0 bridgehead atoms. The molecule has 5 rings (SSSR count). The van der Waals surface area contributed by atoms with Gasteiger partial charge in [0.1, 0.15) is 10.7 Å². The number of anilines is 1. The van der Waals surface area contributed by atoms with Gasteiger partial charge in [0.05, 0.1) is 17.6 Å². The van der Waals surface area contributed by atoms with Crippen LogP contribution < -0.4 is 5.32 Å². The quantitative estimate of drug-likeness (QED) is 0.411. The molecule has 7 nitrogen and oxygen atoms in total. The first-order valence-corrected chi connectivity index (χ1v) is 11.6. The van der Waals surface area contributed by atoms with Gasteiger partial charge in [-0.25, -0.2) is 14.6 Å². The zero-order valence-corrected chi connectivity index (χ0v) is 18.6. The smallest absolute Gasteiger partial charge is 0.348 e. The Morgan fingerprint density at radius 3 is 2.97 bits per heavy atom. The van der Waals surface area contributed by atoms with E-state index in [-0.39, 0.29) is 17.9 Å². The zero-order valence-electron chi connectivity index (χ0n) is 17.8. The summed E-state index contributed by atoms with van der Waals surface area (Å²) in [5.41, 5.74) is 2.69. The number of carbonyl (C=O) groups is 2. The number of carbonyl (C=O) groups excluding carboxylic acids is 2. The highest BCUT2D eigenvalue weighted by Crippen LogP contribution is 2.30. The third-order valence-corrected chi connectivity index (χ3v) is 6.84. The molecular formula is C24H24N4O3S. The van der Waals surface area contributed by atoms with Gasteiger partial charge in [0.15, 0.2) is 0 Å². The van der Waals surface area contributed by atoms with E-state index in [4.69, 9.17) is 9.72 Å². The lowest BCUT2D eigenvalue weighted by Crippen LogP contribution is -2.41. The maximum atomic E-state index is 13.0. The fraction of sp³-hybridized carbons (Fsp3) is 0.292. The summed E-state index contributed by atoms with van der Waals surface area (Å²) in [5, 5.41) is 3.92. The number of piperidine rings is 1. The molecule has 1 atom stereocenters. The summed E-state index contributed by atoms with van der Waals surface area (Å²) < 4.78 is 6.07. The molecule has 32 heavy (non-hydrogen) atoms. The number of amides is 2. The molecule has 1 aliphatic heterocycles. The summed E-state index contributed by atoms with van der Waals surface area (Å²) in [6.45, 7) is 3.48. The molecule has 8 heteroatoms. The molecule has 0 saturated carbocycles. The molecule has 1 unspecified atom stereocenters. The van der Waals surface area contributed by atoms with Crippen molar-refractivity contribution in [2.24, 2.45) is 0 Å². The Labute approximate surface area is 189 Å². The number of urea groups is 1. The van der Waals surface area contributed by atoms with Crippen molar-refractivity contribution in [1.82, 2.24) is 14.9 Å². The summed E-state index contributed by atoms with van der Waals surface area (Å²) in [6.07, 6.45) is 1.93. The van der Waals surface area contributed by atoms with E-state index in [0.717, 1.165) is 46.3 Å². The van der Waals surface area contributed by atoms with E-state index in [9.17, 15) is 9.59 Å². The standard InChI is InChI=1S/C24H24N4O3S/c1-2-31-23(29)21-13-16-12-17(9-10-20(16)32-21)25-24(30)28-11-5-6-15(14-28)22-26-18-7-3-4-8-19(18)27-22/h3-4,7-10,12-13,15H,2,5-6,11,14H2,1H3,(H,25,30)(H,26,27). The molecule has 0 aliphatic carbocycles. The van der Waals surface area contributed by atoms with Gasteiger partial charge in [-0.2, -0.15) is 0 Å².